The van der Waals surface area contributed by atoms with Crippen molar-refractivity contribution in [1.82, 2.24) is 0 Å². The van der Waals surface area contributed by atoms with Crippen LogP contribution in [0.25, 0.3) is 11.1 Å². The Morgan fingerprint density at radius 1 is 0.818 bits per heavy atom. The number of nitrogens with zero attached hydrogens (tertiary/aromatic N) is 1. The first-order valence-electron chi connectivity index (χ1n) is 6.81. The maximum Gasteiger partial charge on any atom is 0.273 e. The van der Waals surface area contributed by atoms with Gasteiger partial charge in [-0.25, -0.2) is 0 Å². The molecule has 0 unspecified atom stereocenters. The lowest BCUT2D eigenvalue weighted by molar-refractivity contribution is -0.384. The third kappa shape index (κ3) is 2.96. The molecule has 0 amide bonds. The summed E-state index contributed by atoms with van der Waals surface area (Å²) in [6.07, 6.45) is 0. The standard InChI is InChI=1S/C18H13NO3/c20-19(21)15-11-12-17(14-7-3-1-4-8-14)18(13-15)22-16-9-5-2-6-10-16/h1-13H. The molecule has 0 aliphatic rings. The van der Waals surface area contributed by atoms with Gasteiger partial charge in [-0.2, -0.15) is 0 Å². The Labute approximate surface area is 127 Å². The molecule has 0 N–H and O–H groups in total. The van der Waals surface area contributed by atoms with Crippen LogP contribution in [0.15, 0.2) is 78.9 Å². The van der Waals surface area contributed by atoms with Gasteiger partial charge in [-0.05, 0) is 23.8 Å². The molecule has 0 saturated carbocycles. The van der Waals surface area contributed by atoms with E-state index in [1.165, 1.54) is 12.1 Å². The van der Waals surface area contributed by atoms with Gasteiger partial charge in [-0.3, -0.25) is 10.1 Å². The molecule has 0 atom stereocenters. The molecular formula is C18H13NO3. The minimum atomic E-state index is -0.424. The highest BCUT2D eigenvalue weighted by atomic mass is 16.6. The normalized spacial score (nSPS) is 10.2. The average Bonchev–Trinajstić information content (AvgIpc) is 2.56. The van der Waals surface area contributed by atoms with Crippen molar-refractivity contribution in [2.24, 2.45) is 0 Å². The molecule has 3 aromatic rings. The molecule has 0 aliphatic heterocycles. The smallest absolute Gasteiger partial charge is 0.273 e. The predicted octanol–water partition coefficient (Wildman–Crippen LogP) is 5.05. The number of hydrogen-bond acceptors (Lipinski definition) is 3. The molecule has 0 saturated heterocycles. The topological polar surface area (TPSA) is 52.4 Å². The summed E-state index contributed by atoms with van der Waals surface area (Å²) in [7, 11) is 0. The van der Waals surface area contributed by atoms with Crippen molar-refractivity contribution in [1.29, 1.82) is 0 Å². The van der Waals surface area contributed by atoms with Crippen molar-refractivity contribution in [3.63, 3.8) is 0 Å². The van der Waals surface area contributed by atoms with Gasteiger partial charge in [0.25, 0.3) is 5.69 Å². The van der Waals surface area contributed by atoms with Crippen LogP contribution in [-0.4, -0.2) is 4.92 Å². The fraction of sp³-hybridized carbons (Fsp3) is 0. The van der Waals surface area contributed by atoms with Gasteiger partial charge in [-0.15, -0.1) is 0 Å². The number of nitro benzene ring substituents is 1. The maximum atomic E-state index is 11.0. The largest absolute Gasteiger partial charge is 0.456 e. The van der Waals surface area contributed by atoms with Crippen LogP contribution in [-0.2, 0) is 0 Å². The Morgan fingerprint density at radius 2 is 1.45 bits per heavy atom. The Balaban J connectivity index is 2.07. The molecule has 3 aromatic carbocycles. The van der Waals surface area contributed by atoms with Crippen molar-refractivity contribution >= 4 is 5.69 Å². The third-order valence-electron chi connectivity index (χ3n) is 3.23. The number of non-ortho nitro benzene ring substituents is 1. The van der Waals surface area contributed by atoms with Crippen LogP contribution < -0.4 is 4.74 Å². The quantitative estimate of drug-likeness (QED) is 0.499. The number of hydrogen-bond donors (Lipinski definition) is 0. The Bertz CT molecular complexity index is 786. The van der Waals surface area contributed by atoms with Crippen LogP contribution in [0.1, 0.15) is 0 Å². The van der Waals surface area contributed by atoms with Crippen molar-refractivity contribution in [2.75, 3.05) is 0 Å². The first-order valence-corrected chi connectivity index (χ1v) is 6.81. The van der Waals surface area contributed by atoms with E-state index in [-0.39, 0.29) is 5.69 Å². The molecule has 0 heterocycles. The van der Waals surface area contributed by atoms with Gasteiger partial charge in [0.2, 0.25) is 0 Å². The van der Waals surface area contributed by atoms with Crippen LogP contribution in [0.2, 0.25) is 0 Å². The van der Waals surface area contributed by atoms with E-state index in [4.69, 9.17) is 4.74 Å². The molecule has 4 heteroatoms. The minimum absolute atomic E-state index is 0.00520. The van der Waals surface area contributed by atoms with Crippen molar-refractivity contribution < 1.29 is 9.66 Å². The summed E-state index contributed by atoms with van der Waals surface area (Å²) < 4.78 is 5.85. The van der Waals surface area contributed by atoms with Gasteiger partial charge in [0.05, 0.1) is 11.0 Å². The van der Waals surface area contributed by atoms with Crippen LogP contribution in [0.4, 0.5) is 5.69 Å². The fourth-order valence-corrected chi connectivity index (χ4v) is 2.18. The van der Waals surface area contributed by atoms with E-state index in [1.54, 1.807) is 6.07 Å². The van der Waals surface area contributed by atoms with Crippen LogP contribution in [0.3, 0.4) is 0 Å². The lowest BCUT2D eigenvalue weighted by Crippen LogP contribution is -1.92. The number of ether oxygens (including phenoxy) is 1. The highest BCUT2D eigenvalue weighted by Crippen LogP contribution is 2.36. The highest BCUT2D eigenvalue weighted by molar-refractivity contribution is 5.72. The summed E-state index contributed by atoms with van der Waals surface area (Å²) in [6.45, 7) is 0. The summed E-state index contributed by atoms with van der Waals surface area (Å²) >= 11 is 0. The van der Waals surface area contributed by atoms with Crippen LogP contribution in [0.5, 0.6) is 11.5 Å². The molecule has 0 fully saturated rings. The summed E-state index contributed by atoms with van der Waals surface area (Å²) in [5.74, 6) is 1.10. The number of para-hydroxylation sites is 1. The molecule has 3 rings (SSSR count). The maximum absolute atomic E-state index is 11.0. The number of nitro groups is 1. The Hall–Kier alpha value is -3.14. The van der Waals surface area contributed by atoms with Gasteiger partial charge < -0.3 is 4.74 Å². The SMILES string of the molecule is O=[N+]([O-])c1ccc(-c2ccccc2)c(Oc2ccccc2)c1. The molecule has 0 radical (unpaired) electrons. The zero-order valence-corrected chi connectivity index (χ0v) is 11.7. The van der Waals surface area contributed by atoms with Gasteiger partial charge in [0, 0.05) is 11.6 Å². The zero-order chi connectivity index (χ0) is 15.4. The summed E-state index contributed by atoms with van der Waals surface area (Å²) in [6, 6.07) is 23.5. The first-order chi connectivity index (χ1) is 10.7. The monoisotopic (exact) mass is 291 g/mol. The predicted molar refractivity (Wildman–Crippen MR) is 85.0 cm³/mol. The van der Waals surface area contributed by atoms with E-state index < -0.39 is 4.92 Å². The second-order valence-corrected chi connectivity index (χ2v) is 4.72. The summed E-state index contributed by atoms with van der Waals surface area (Å²) in [4.78, 5) is 10.6. The molecule has 0 aromatic heterocycles. The van der Waals surface area contributed by atoms with Crippen molar-refractivity contribution in [3.8, 4) is 22.6 Å². The number of benzene rings is 3. The fourth-order valence-electron chi connectivity index (χ4n) is 2.18. The molecule has 108 valence electrons. The minimum Gasteiger partial charge on any atom is -0.456 e. The zero-order valence-electron chi connectivity index (χ0n) is 11.7. The van der Waals surface area contributed by atoms with Gasteiger partial charge in [0.1, 0.15) is 11.5 Å². The van der Waals surface area contributed by atoms with E-state index in [9.17, 15) is 10.1 Å². The second-order valence-electron chi connectivity index (χ2n) is 4.72. The van der Waals surface area contributed by atoms with E-state index >= 15 is 0 Å². The summed E-state index contributed by atoms with van der Waals surface area (Å²) in [5.41, 5.74) is 1.77. The summed E-state index contributed by atoms with van der Waals surface area (Å²) in [5, 5.41) is 11.0. The lowest BCUT2D eigenvalue weighted by Gasteiger charge is -2.11. The Kier molecular flexibility index (Phi) is 3.83. The molecule has 22 heavy (non-hydrogen) atoms. The van der Waals surface area contributed by atoms with Gasteiger partial charge in [-0.1, -0.05) is 48.5 Å². The van der Waals surface area contributed by atoms with E-state index in [2.05, 4.69) is 0 Å². The first kappa shape index (κ1) is 13.8. The molecule has 0 bridgehead atoms. The van der Waals surface area contributed by atoms with E-state index in [1.807, 2.05) is 60.7 Å². The van der Waals surface area contributed by atoms with Crippen molar-refractivity contribution in [2.45, 2.75) is 0 Å². The van der Waals surface area contributed by atoms with Gasteiger partial charge >= 0.3 is 0 Å². The molecule has 4 nitrogen and oxygen atoms in total. The van der Waals surface area contributed by atoms with Crippen LogP contribution in [0, 0.1) is 10.1 Å². The third-order valence-corrected chi connectivity index (χ3v) is 3.23. The second kappa shape index (κ2) is 6.10. The lowest BCUT2D eigenvalue weighted by atomic mass is 10.0. The molecule has 0 spiro atoms. The van der Waals surface area contributed by atoms with E-state index in [0.29, 0.717) is 11.5 Å². The molecule has 0 aliphatic carbocycles. The number of rotatable bonds is 4. The van der Waals surface area contributed by atoms with Crippen LogP contribution >= 0.6 is 0 Å². The Morgan fingerprint density at radius 3 is 2.09 bits per heavy atom. The molecular weight excluding hydrogens is 278 g/mol. The van der Waals surface area contributed by atoms with Gasteiger partial charge in [0.15, 0.2) is 0 Å². The van der Waals surface area contributed by atoms with Crippen molar-refractivity contribution in [3.05, 3.63) is 89.0 Å². The average molecular weight is 291 g/mol. The highest BCUT2D eigenvalue weighted by Gasteiger charge is 2.14. The van der Waals surface area contributed by atoms with E-state index in [0.717, 1.165) is 11.1 Å².